The van der Waals surface area contributed by atoms with Crippen molar-refractivity contribution in [1.82, 2.24) is 5.32 Å². The van der Waals surface area contributed by atoms with Crippen LogP contribution >= 0.6 is 0 Å². The van der Waals surface area contributed by atoms with Crippen molar-refractivity contribution in [3.8, 4) is 0 Å². The molecule has 1 amide bonds. The van der Waals surface area contributed by atoms with E-state index in [-0.39, 0.29) is 24.7 Å². The number of amides is 1. The van der Waals surface area contributed by atoms with E-state index in [0.29, 0.717) is 17.7 Å². The van der Waals surface area contributed by atoms with Gasteiger partial charge in [0.05, 0.1) is 11.9 Å². The van der Waals surface area contributed by atoms with E-state index in [1.165, 1.54) is 12.1 Å². The highest BCUT2D eigenvalue weighted by molar-refractivity contribution is 7.92. The molecule has 0 unspecified atom stereocenters. The zero-order valence-corrected chi connectivity index (χ0v) is 14.1. The minimum absolute atomic E-state index is 0.159. The number of carbonyl (C=O) groups excluding carboxylic acids is 1. The van der Waals surface area contributed by atoms with Crippen LogP contribution in [0, 0.1) is 5.82 Å². The first-order valence-corrected chi connectivity index (χ1v) is 9.29. The fraction of sp³-hybridized carbons (Fsp3) is 0.235. The van der Waals surface area contributed by atoms with Gasteiger partial charge >= 0.3 is 0 Å². The molecule has 7 heteroatoms. The van der Waals surface area contributed by atoms with Crippen molar-refractivity contribution in [3.05, 3.63) is 65.5 Å². The maximum absolute atomic E-state index is 12.8. The lowest BCUT2D eigenvalue weighted by atomic mass is 10.1. The molecule has 2 aromatic carbocycles. The van der Waals surface area contributed by atoms with Crippen LogP contribution in [0.5, 0.6) is 0 Å². The van der Waals surface area contributed by atoms with Gasteiger partial charge in [0.25, 0.3) is 0 Å². The molecule has 128 valence electrons. The Morgan fingerprint density at radius 1 is 1.08 bits per heavy atom. The van der Waals surface area contributed by atoms with E-state index in [0.717, 1.165) is 11.8 Å². The van der Waals surface area contributed by atoms with Crippen molar-refractivity contribution >= 4 is 21.6 Å². The van der Waals surface area contributed by atoms with Gasteiger partial charge in [-0.2, -0.15) is 0 Å². The Morgan fingerprint density at radius 2 is 1.75 bits per heavy atom. The Labute approximate surface area is 141 Å². The van der Waals surface area contributed by atoms with Gasteiger partial charge in [0.1, 0.15) is 5.82 Å². The predicted molar refractivity (Wildman–Crippen MR) is 91.5 cm³/mol. The molecule has 0 saturated heterocycles. The molecule has 0 bridgehead atoms. The van der Waals surface area contributed by atoms with Gasteiger partial charge in [-0.3, -0.25) is 9.52 Å². The highest BCUT2D eigenvalue weighted by atomic mass is 32.2. The molecule has 0 radical (unpaired) electrons. The van der Waals surface area contributed by atoms with Crippen LogP contribution in [0.1, 0.15) is 17.5 Å². The first-order valence-electron chi connectivity index (χ1n) is 7.40. The molecule has 0 atom stereocenters. The smallest absolute Gasteiger partial charge is 0.229 e. The summed E-state index contributed by atoms with van der Waals surface area (Å²) >= 11 is 0. The second kappa shape index (κ2) is 7.92. The molecule has 0 aliphatic heterocycles. The summed E-state index contributed by atoms with van der Waals surface area (Å²) in [5, 5.41) is 2.76. The second-order valence-electron chi connectivity index (χ2n) is 5.43. The van der Waals surface area contributed by atoms with Crippen LogP contribution in [0.15, 0.2) is 48.5 Å². The summed E-state index contributed by atoms with van der Waals surface area (Å²) in [6, 6.07) is 12.9. The molecule has 5 nitrogen and oxygen atoms in total. The number of carbonyl (C=O) groups is 1. The highest BCUT2D eigenvalue weighted by Gasteiger charge is 2.08. The van der Waals surface area contributed by atoms with Crippen LogP contribution in [-0.4, -0.2) is 20.6 Å². The van der Waals surface area contributed by atoms with Crippen molar-refractivity contribution in [2.24, 2.45) is 0 Å². The van der Waals surface area contributed by atoms with Crippen LogP contribution in [0.4, 0.5) is 10.1 Å². The molecular formula is C17H19FN2O3S. The van der Waals surface area contributed by atoms with Gasteiger partial charge < -0.3 is 5.32 Å². The van der Waals surface area contributed by atoms with Crippen molar-refractivity contribution < 1.29 is 17.6 Å². The van der Waals surface area contributed by atoms with E-state index in [9.17, 15) is 17.6 Å². The zero-order valence-electron chi connectivity index (χ0n) is 13.3. The molecule has 0 aliphatic carbocycles. The fourth-order valence-corrected chi connectivity index (χ4v) is 2.76. The SMILES string of the molecule is CS(=O)(=O)Nc1ccccc1CNC(=O)CCc1ccc(F)cc1. The van der Waals surface area contributed by atoms with Gasteiger partial charge in [-0.1, -0.05) is 30.3 Å². The molecule has 2 rings (SSSR count). The largest absolute Gasteiger partial charge is 0.352 e. The summed E-state index contributed by atoms with van der Waals surface area (Å²) in [7, 11) is -3.38. The first-order chi connectivity index (χ1) is 11.3. The average molecular weight is 350 g/mol. The molecule has 24 heavy (non-hydrogen) atoms. The standard InChI is InChI=1S/C17H19FN2O3S/c1-24(22,23)20-16-5-3-2-4-14(16)12-19-17(21)11-8-13-6-9-15(18)10-7-13/h2-7,9-10,20H,8,11-12H2,1H3,(H,19,21). The molecule has 0 aromatic heterocycles. The number of aryl methyl sites for hydroxylation is 1. The summed E-state index contributed by atoms with van der Waals surface area (Å²) in [5.74, 6) is -0.466. The Hall–Kier alpha value is -2.41. The average Bonchev–Trinajstić information content (AvgIpc) is 2.52. The Kier molecular flexibility index (Phi) is 5.92. The highest BCUT2D eigenvalue weighted by Crippen LogP contribution is 2.16. The lowest BCUT2D eigenvalue weighted by Crippen LogP contribution is -2.24. The first kappa shape index (κ1) is 17.9. The number of sulfonamides is 1. The Bertz CT molecular complexity index is 805. The number of nitrogens with one attached hydrogen (secondary N) is 2. The second-order valence-corrected chi connectivity index (χ2v) is 7.18. The summed E-state index contributed by atoms with van der Waals surface area (Å²) in [5.41, 5.74) is 2.00. The molecule has 0 heterocycles. The molecule has 0 spiro atoms. The maximum atomic E-state index is 12.8. The summed E-state index contributed by atoms with van der Waals surface area (Å²) in [4.78, 5) is 11.9. The van der Waals surface area contributed by atoms with Gasteiger partial charge in [-0.05, 0) is 35.7 Å². The Morgan fingerprint density at radius 3 is 2.42 bits per heavy atom. The molecular weight excluding hydrogens is 331 g/mol. The number of anilines is 1. The van der Waals surface area contributed by atoms with E-state index < -0.39 is 10.0 Å². The van der Waals surface area contributed by atoms with E-state index in [2.05, 4.69) is 10.0 Å². The van der Waals surface area contributed by atoms with E-state index >= 15 is 0 Å². The minimum Gasteiger partial charge on any atom is -0.352 e. The molecule has 0 aliphatic rings. The number of hydrogen-bond acceptors (Lipinski definition) is 3. The summed E-state index contributed by atoms with van der Waals surface area (Å²) in [6.07, 6.45) is 1.85. The minimum atomic E-state index is -3.38. The molecule has 0 saturated carbocycles. The monoisotopic (exact) mass is 350 g/mol. The lowest BCUT2D eigenvalue weighted by Gasteiger charge is -2.11. The van der Waals surface area contributed by atoms with E-state index in [1.54, 1.807) is 36.4 Å². The van der Waals surface area contributed by atoms with Gasteiger partial charge in [-0.15, -0.1) is 0 Å². The predicted octanol–water partition coefficient (Wildman–Crippen LogP) is 2.45. The number of para-hydroxylation sites is 1. The van der Waals surface area contributed by atoms with Gasteiger partial charge in [0.2, 0.25) is 15.9 Å². The molecule has 0 fully saturated rings. The van der Waals surface area contributed by atoms with E-state index in [1.807, 2.05) is 0 Å². The number of benzene rings is 2. The summed E-state index contributed by atoms with van der Waals surface area (Å²) < 4.78 is 37.9. The number of rotatable bonds is 7. The summed E-state index contributed by atoms with van der Waals surface area (Å²) in [6.45, 7) is 0.223. The third kappa shape index (κ3) is 6.00. The van der Waals surface area contributed by atoms with Crippen molar-refractivity contribution in [3.63, 3.8) is 0 Å². The van der Waals surface area contributed by atoms with Crippen molar-refractivity contribution in [1.29, 1.82) is 0 Å². The third-order valence-electron chi connectivity index (χ3n) is 3.34. The number of hydrogen-bond donors (Lipinski definition) is 2. The van der Waals surface area contributed by atoms with Crippen LogP contribution < -0.4 is 10.0 Å². The van der Waals surface area contributed by atoms with Crippen LogP contribution in [0.2, 0.25) is 0 Å². The quantitative estimate of drug-likeness (QED) is 0.805. The van der Waals surface area contributed by atoms with Crippen LogP contribution in [0.3, 0.4) is 0 Å². The fourth-order valence-electron chi connectivity index (χ4n) is 2.16. The van der Waals surface area contributed by atoms with Gasteiger partial charge in [0, 0.05) is 13.0 Å². The molecule has 2 aromatic rings. The van der Waals surface area contributed by atoms with E-state index in [4.69, 9.17) is 0 Å². The maximum Gasteiger partial charge on any atom is 0.229 e. The Balaban J connectivity index is 1.89. The lowest BCUT2D eigenvalue weighted by molar-refractivity contribution is -0.121. The van der Waals surface area contributed by atoms with Gasteiger partial charge in [0.15, 0.2) is 0 Å². The number of halogens is 1. The third-order valence-corrected chi connectivity index (χ3v) is 3.93. The van der Waals surface area contributed by atoms with Crippen molar-refractivity contribution in [2.45, 2.75) is 19.4 Å². The zero-order chi connectivity index (χ0) is 17.6. The molecule has 2 N–H and O–H groups in total. The van der Waals surface area contributed by atoms with Gasteiger partial charge in [-0.25, -0.2) is 12.8 Å². The van der Waals surface area contributed by atoms with Crippen LogP contribution in [-0.2, 0) is 27.8 Å². The normalized spacial score (nSPS) is 11.1. The van der Waals surface area contributed by atoms with Crippen LogP contribution in [0.25, 0.3) is 0 Å². The topological polar surface area (TPSA) is 75.3 Å². The van der Waals surface area contributed by atoms with Crippen molar-refractivity contribution in [2.75, 3.05) is 11.0 Å².